The molecule has 0 aromatic carbocycles. The largest absolute Gasteiger partial charge is 0.458 e. The second-order valence-electron chi connectivity index (χ2n) is 9.78. The number of ether oxygens (including phenoxy) is 1. The van der Waals surface area contributed by atoms with E-state index in [0.717, 1.165) is 43.4 Å². The van der Waals surface area contributed by atoms with Crippen molar-refractivity contribution in [3.8, 4) is 0 Å². The number of fused-ring (bicyclic) bond motifs is 1. The highest BCUT2D eigenvalue weighted by Crippen LogP contribution is 2.45. The van der Waals surface area contributed by atoms with Gasteiger partial charge in [0.2, 0.25) is 0 Å². The number of carbonyl (C=O) groups is 2. The third-order valence-electron chi connectivity index (χ3n) is 7.40. The Morgan fingerprint density at radius 1 is 1.21 bits per heavy atom. The van der Waals surface area contributed by atoms with E-state index >= 15 is 0 Å². The highest BCUT2D eigenvalue weighted by molar-refractivity contribution is 6.01. The van der Waals surface area contributed by atoms with Crippen molar-refractivity contribution in [3.05, 3.63) is 53.4 Å². The number of ketones is 1. The summed E-state index contributed by atoms with van der Waals surface area (Å²) in [4.78, 5) is 39.8. The second kappa shape index (κ2) is 9.24. The summed E-state index contributed by atoms with van der Waals surface area (Å²) in [5, 5.41) is 4.42. The van der Waals surface area contributed by atoms with Crippen LogP contribution in [-0.2, 0) is 33.6 Å². The first-order chi connectivity index (χ1) is 16.5. The van der Waals surface area contributed by atoms with Gasteiger partial charge >= 0.3 is 5.97 Å². The van der Waals surface area contributed by atoms with Crippen molar-refractivity contribution >= 4 is 17.5 Å². The summed E-state index contributed by atoms with van der Waals surface area (Å²) in [5.41, 5.74) is 2.44. The van der Waals surface area contributed by atoms with E-state index in [4.69, 9.17) is 4.74 Å². The van der Waals surface area contributed by atoms with E-state index in [9.17, 15) is 9.59 Å². The van der Waals surface area contributed by atoms with Crippen LogP contribution in [0.4, 0.5) is 0 Å². The quantitative estimate of drug-likeness (QED) is 0.391. The van der Waals surface area contributed by atoms with Gasteiger partial charge in [0, 0.05) is 37.1 Å². The molecule has 178 valence electrons. The fraction of sp³-hybridized carbons (Fsp3) is 0.538. The van der Waals surface area contributed by atoms with E-state index in [-0.39, 0.29) is 24.5 Å². The Morgan fingerprint density at radius 2 is 2.03 bits per heavy atom. The van der Waals surface area contributed by atoms with Crippen molar-refractivity contribution in [2.45, 2.75) is 77.2 Å². The summed E-state index contributed by atoms with van der Waals surface area (Å²) < 4.78 is 7.81. The van der Waals surface area contributed by atoms with Crippen molar-refractivity contribution in [2.75, 3.05) is 0 Å². The van der Waals surface area contributed by atoms with Gasteiger partial charge < -0.3 is 4.74 Å². The zero-order valence-corrected chi connectivity index (χ0v) is 19.9. The van der Waals surface area contributed by atoms with Crippen LogP contribution < -0.4 is 0 Å². The normalized spacial score (nSPS) is 23.5. The molecule has 5 rings (SSSR count). The van der Waals surface area contributed by atoms with Crippen molar-refractivity contribution in [3.63, 3.8) is 0 Å². The minimum atomic E-state index is -0.866. The number of pyridine rings is 1. The summed E-state index contributed by atoms with van der Waals surface area (Å²) in [7, 11) is 0. The first-order valence-corrected chi connectivity index (χ1v) is 12.3. The lowest BCUT2D eigenvalue weighted by Gasteiger charge is -2.43. The van der Waals surface area contributed by atoms with Crippen LogP contribution in [0.5, 0.6) is 0 Å². The molecule has 8 nitrogen and oxygen atoms in total. The molecule has 0 N–H and O–H groups in total. The Balaban J connectivity index is 1.34. The van der Waals surface area contributed by atoms with Crippen LogP contribution in [0.25, 0.3) is 5.78 Å². The predicted molar refractivity (Wildman–Crippen MR) is 125 cm³/mol. The van der Waals surface area contributed by atoms with Crippen LogP contribution in [0.1, 0.15) is 68.1 Å². The lowest BCUT2D eigenvalue weighted by atomic mass is 9.74. The van der Waals surface area contributed by atoms with Gasteiger partial charge in [0.15, 0.2) is 11.6 Å². The van der Waals surface area contributed by atoms with Crippen molar-refractivity contribution in [1.29, 1.82) is 0 Å². The molecule has 2 atom stereocenters. The highest BCUT2D eigenvalue weighted by Gasteiger charge is 2.51. The van der Waals surface area contributed by atoms with Gasteiger partial charge in [-0.05, 0) is 68.2 Å². The zero-order chi connectivity index (χ0) is 23.7. The Bertz CT molecular complexity index is 1200. The van der Waals surface area contributed by atoms with Crippen molar-refractivity contribution in [2.24, 2.45) is 11.8 Å². The Morgan fingerprint density at radius 3 is 2.79 bits per heavy atom. The van der Waals surface area contributed by atoms with Crippen LogP contribution in [0.2, 0.25) is 0 Å². The number of hydrogen-bond acceptors (Lipinski definition) is 7. The van der Waals surface area contributed by atoms with Crippen molar-refractivity contribution in [1.82, 2.24) is 24.6 Å². The van der Waals surface area contributed by atoms with E-state index in [1.165, 1.54) is 5.56 Å². The first-order valence-electron chi connectivity index (χ1n) is 12.3. The Hall–Kier alpha value is -3.16. The number of aryl methyl sites for hydroxylation is 3. The van der Waals surface area contributed by atoms with E-state index in [1.54, 1.807) is 10.7 Å². The molecule has 3 aromatic heterocycles. The number of nitrogens with zero attached hydrogens (tertiary/aromatic N) is 5. The van der Waals surface area contributed by atoms with Gasteiger partial charge in [-0.3, -0.25) is 14.6 Å². The van der Waals surface area contributed by atoms with Crippen LogP contribution in [0.15, 0.2) is 30.7 Å². The molecule has 1 aliphatic carbocycles. The number of aromatic nitrogens is 5. The maximum absolute atomic E-state index is 13.4. The van der Waals surface area contributed by atoms with Gasteiger partial charge in [-0.25, -0.2) is 9.50 Å². The van der Waals surface area contributed by atoms with Gasteiger partial charge in [0.25, 0.3) is 5.78 Å². The monoisotopic (exact) mass is 461 g/mol. The number of cyclic esters (lactones) is 1. The Kier molecular flexibility index (Phi) is 6.15. The fourth-order valence-electron chi connectivity index (χ4n) is 5.49. The SMILES string of the molecule is CCc1ccnc(CCC2(C3CCCC3)CC(=O)C(Cc3nc4ncc(C)cn4n3)C(=O)O2)c1. The summed E-state index contributed by atoms with van der Waals surface area (Å²) in [6, 6.07) is 4.14. The van der Waals surface area contributed by atoms with E-state index < -0.39 is 17.5 Å². The van der Waals surface area contributed by atoms with Gasteiger partial charge in [-0.2, -0.15) is 4.98 Å². The van der Waals surface area contributed by atoms with E-state index in [2.05, 4.69) is 33.0 Å². The zero-order valence-electron chi connectivity index (χ0n) is 19.9. The third kappa shape index (κ3) is 4.45. The maximum atomic E-state index is 13.4. The lowest BCUT2D eigenvalue weighted by Crippen LogP contribution is -2.52. The molecule has 1 saturated heterocycles. The van der Waals surface area contributed by atoms with Crippen LogP contribution in [0.3, 0.4) is 0 Å². The maximum Gasteiger partial charge on any atom is 0.317 e. The summed E-state index contributed by atoms with van der Waals surface area (Å²) in [5.74, 6) is -0.268. The standard InChI is InChI=1S/C26H31N5O3/c1-3-18-9-11-27-20(12-18)8-10-26(19-6-4-5-7-19)14-22(32)21(24(33)34-26)13-23-29-25-28-15-17(2)16-31(25)30-23/h9,11-12,15-16,19,21H,3-8,10,13-14H2,1-2H3. The minimum Gasteiger partial charge on any atom is -0.458 e. The van der Waals surface area contributed by atoms with Gasteiger partial charge in [0.1, 0.15) is 11.5 Å². The van der Waals surface area contributed by atoms with Gasteiger partial charge in [0.05, 0.1) is 0 Å². The van der Waals surface area contributed by atoms with Gasteiger partial charge in [-0.15, -0.1) is 5.10 Å². The first kappa shape index (κ1) is 22.6. The molecule has 0 radical (unpaired) electrons. The molecule has 2 aliphatic rings. The molecular weight excluding hydrogens is 430 g/mol. The molecule has 4 heterocycles. The van der Waals surface area contributed by atoms with Crippen LogP contribution in [0, 0.1) is 18.8 Å². The number of hydrogen-bond donors (Lipinski definition) is 0. The van der Waals surface area contributed by atoms with Crippen LogP contribution in [-0.4, -0.2) is 41.9 Å². The predicted octanol–water partition coefficient (Wildman–Crippen LogP) is 3.63. The molecule has 0 amide bonds. The van der Waals surface area contributed by atoms with Crippen molar-refractivity contribution < 1.29 is 14.3 Å². The molecule has 1 aliphatic heterocycles. The molecular formula is C26H31N5O3. The number of esters is 1. The number of rotatable bonds is 7. The molecule has 2 unspecified atom stereocenters. The van der Waals surface area contributed by atoms with Gasteiger partial charge in [-0.1, -0.05) is 19.8 Å². The fourth-order valence-corrected chi connectivity index (χ4v) is 5.49. The molecule has 8 heteroatoms. The summed E-state index contributed by atoms with van der Waals surface area (Å²) in [6.45, 7) is 4.04. The van der Waals surface area contributed by atoms with E-state index in [1.807, 2.05) is 25.4 Å². The molecule has 0 spiro atoms. The number of Topliss-reactive ketones (excluding diaryl/α,β-unsaturated/α-hetero) is 1. The second-order valence-corrected chi connectivity index (χ2v) is 9.78. The Labute approximate surface area is 199 Å². The average Bonchev–Trinajstić information content (AvgIpc) is 3.50. The number of carbonyl (C=O) groups excluding carboxylic acids is 2. The molecule has 3 aromatic rings. The average molecular weight is 462 g/mol. The van der Waals surface area contributed by atoms with Crippen LogP contribution >= 0.6 is 0 Å². The molecule has 34 heavy (non-hydrogen) atoms. The smallest absolute Gasteiger partial charge is 0.317 e. The highest BCUT2D eigenvalue weighted by atomic mass is 16.6. The summed E-state index contributed by atoms with van der Waals surface area (Å²) >= 11 is 0. The van der Waals surface area contributed by atoms with E-state index in [0.29, 0.717) is 24.4 Å². The lowest BCUT2D eigenvalue weighted by molar-refractivity contribution is -0.185. The third-order valence-corrected chi connectivity index (χ3v) is 7.40. The topological polar surface area (TPSA) is 99.3 Å². The molecule has 1 saturated carbocycles. The molecule has 2 fully saturated rings. The molecule has 0 bridgehead atoms. The minimum absolute atomic E-state index is 0.0681. The summed E-state index contributed by atoms with van der Waals surface area (Å²) in [6.07, 6.45) is 12.2.